The molecule has 0 aliphatic rings. The molecule has 1 aromatic carbocycles. The number of guanidine groups is 1. The summed E-state index contributed by atoms with van der Waals surface area (Å²) in [5.74, 6) is -0.270. The molecule has 0 heterocycles. The number of carbonyl (C=O) groups excluding carboxylic acids is 1. The number of urea groups is 1. The number of nitrogens with one attached hydrogen (secondary N) is 1. The molecule has 0 fully saturated rings. The van der Waals surface area contributed by atoms with Crippen molar-refractivity contribution in [1.29, 1.82) is 5.41 Å². The summed E-state index contributed by atoms with van der Waals surface area (Å²) < 4.78 is 0. The largest absolute Gasteiger partial charge is 0.370 e. The van der Waals surface area contributed by atoms with E-state index in [2.05, 4.69) is 0 Å². The van der Waals surface area contributed by atoms with Gasteiger partial charge in [-0.15, -0.1) is 0 Å². The predicted molar refractivity (Wildman–Crippen MR) is 69.4 cm³/mol. The van der Waals surface area contributed by atoms with Gasteiger partial charge in [0.2, 0.25) is 0 Å². The average Bonchev–Trinajstić information content (AvgIpc) is 2.26. The van der Waals surface area contributed by atoms with E-state index in [0.717, 1.165) is 21.7 Å². The molecule has 92 valence electrons. The molecule has 3 N–H and O–H groups in total. The highest BCUT2D eigenvalue weighted by molar-refractivity contribution is 6.02. The van der Waals surface area contributed by atoms with Crippen molar-refractivity contribution < 1.29 is 4.79 Å². The summed E-state index contributed by atoms with van der Waals surface area (Å²) in [4.78, 5) is 14.6. The molecule has 17 heavy (non-hydrogen) atoms. The third kappa shape index (κ3) is 2.55. The van der Waals surface area contributed by atoms with Crippen molar-refractivity contribution >= 4 is 17.7 Å². The van der Waals surface area contributed by atoms with Crippen LogP contribution in [0.5, 0.6) is 0 Å². The molecule has 5 nitrogen and oxygen atoms in total. The Kier molecular flexibility index (Phi) is 3.73. The fourth-order valence-corrected chi connectivity index (χ4v) is 1.76. The van der Waals surface area contributed by atoms with Crippen molar-refractivity contribution in [3.8, 4) is 0 Å². The first-order valence-corrected chi connectivity index (χ1v) is 5.28. The molecule has 1 rings (SSSR count). The molecule has 0 atom stereocenters. The first-order valence-electron chi connectivity index (χ1n) is 5.28. The van der Waals surface area contributed by atoms with Crippen LogP contribution in [0.1, 0.15) is 11.1 Å². The number of benzene rings is 1. The van der Waals surface area contributed by atoms with E-state index in [1.807, 2.05) is 32.0 Å². The van der Waals surface area contributed by atoms with E-state index in [0.29, 0.717) is 0 Å². The molecule has 0 aliphatic carbocycles. The minimum atomic E-state index is -0.324. The van der Waals surface area contributed by atoms with E-state index in [-0.39, 0.29) is 12.0 Å². The Balaban J connectivity index is 3.09. The van der Waals surface area contributed by atoms with E-state index in [4.69, 9.17) is 11.1 Å². The number of amides is 2. The summed E-state index contributed by atoms with van der Waals surface area (Å²) in [7, 11) is 3.16. The SMILES string of the molecule is Cc1cccc(C)c1N(C)C(=O)N(C)C(=N)N. The Morgan fingerprint density at radius 2 is 1.71 bits per heavy atom. The van der Waals surface area contributed by atoms with Crippen molar-refractivity contribution in [3.63, 3.8) is 0 Å². The topological polar surface area (TPSA) is 73.4 Å². The first kappa shape index (κ1) is 13.0. The molecular weight excluding hydrogens is 216 g/mol. The maximum atomic E-state index is 12.0. The van der Waals surface area contributed by atoms with Crippen LogP contribution in [-0.2, 0) is 0 Å². The summed E-state index contributed by atoms with van der Waals surface area (Å²) in [6.07, 6.45) is 0. The van der Waals surface area contributed by atoms with Gasteiger partial charge in [-0.05, 0) is 25.0 Å². The number of anilines is 1. The fraction of sp³-hybridized carbons (Fsp3) is 0.333. The molecule has 5 heteroatoms. The Morgan fingerprint density at radius 3 is 2.12 bits per heavy atom. The number of para-hydroxylation sites is 1. The second-order valence-corrected chi connectivity index (χ2v) is 4.03. The Bertz CT molecular complexity index is 436. The molecule has 0 unspecified atom stereocenters. The van der Waals surface area contributed by atoms with Crippen LogP contribution in [-0.4, -0.2) is 31.0 Å². The van der Waals surface area contributed by atoms with Gasteiger partial charge in [0.25, 0.3) is 0 Å². The lowest BCUT2D eigenvalue weighted by atomic mass is 10.1. The zero-order valence-electron chi connectivity index (χ0n) is 10.6. The predicted octanol–water partition coefficient (Wildman–Crippen LogP) is 1.68. The zero-order valence-corrected chi connectivity index (χ0v) is 10.6. The summed E-state index contributed by atoms with van der Waals surface area (Å²) in [6, 6.07) is 5.51. The molecular formula is C12H18N4O. The molecule has 2 amide bonds. The molecule has 0 aromatic heterocycles. The van der Waals surface area contributed by atoms with Crippen LogP contribution in [0.25, 0.3) is 0 Å². The van der Waals surface area contributed by atoms with Gasteiger partial charge in [-0.25, -0.2) is 4.79 Å². The smallest absolute Gasteiger partial charge is 0.330 e. The Hall–Kier alpha value is -2.04. The van der Waals surface area contributed by atoms with Gasteiger partial charge in [0.05, 0.1) is 5.69 Å². The lowest BCUT2D eigenvalue weighted by molar-refractivity contribution is 0.233. The minimum absolute atomic E-state index is 0.270. The normalized spacial score (nSPS) is 9.88. The molecule has 0 saturated carbocycles. The lowest BCUT2D eigenvalue weighted by Crippen LogP contribution is -2.45. The van der Waals surface area contributed by atoms with Crippen LogP contribution in [0.2, 0.25) is 0 Å². The standard InChI is InChI=1S/C12H18N4O/c1-8-6-5-7-9(2)10(8)15(3)12(17)16(4)11(13)14/h5-7H,1-4H3,(H3,13,14). The molecule has 1 aromatic rings. The van der Waals surface area contributed by atoms with Gasteiger partial charge in [-0.2, -0.15) is 0 Å². The van der Waals surface area contributed by atoms with Crippen LogP contribution in [0.15, 0.2) is 18.2 Å². The third-order valence-corrected chi connectivity index (χ3v) is 2.71. The molecule has 0 bridgehead atoms. The molecule has 0 spiro atoms. The third-order valence-electron chi connectivity index (χ3n) is 2.71. The molecule has 0 saturated heterocycles. The van der Waals surface area contributed by atoms with Gasteiger partial charge in [-0.3, -0.25) is 15.2 Å². The molecule has 0 radical (unpaired) electrons. The van der Waals surface area contributed by atoms with Crippen molar-refractivity contribution in [3.05, 3.63) is 29.3 Å². The minimum Gasteiger partial charge on any atom is -0.370 e. The zero-order chi connectivity index (χ0) is 13.2. The first-order chi connectivity index (χ1) is 7.86. The monoisotopic (exact) mass is 234 g/mol. The Morgan fingerprint density at radius 1 is 1.24 bits per heavy atom. The number of hydrogen-bond donors (Lipinski definition) is 2. The molecule has 0 aliphatic heterocycles. The van der Waals surface area contributed by atoms with Gasteiger partial charge < -0.3 is 5.73 Å². The second-order valence-electron chi connectivity index (χ2n) is 4.03. The van der Waals surface area contributed by atoms with Gasteiger partial charge >= 0.3 is 6.03 Å². The van der Waals surface area contributed by atoms with Gasteiger partial charge in [0.1, 0.15) is 0 Å². The lowest BCUT2D eigenvalue weighted by Gasteiger charge is -2.26. The van der Waals surface area contributed by atoms with Gasteiger partial charge in [-0.1, -0.05) is 18.2 Å². The summed E-state index contributed by atoms with van der Waals surface area (Å²) >= 11 is 0. The van der Waals surface area contributed by atoms with E-state index in [1.165, 1.54) is 11.9 Å². The van der Waals surface area contributed by atoms with Gasteiger partial charge in [0, 0.05) is 14.1 Å². The average molecular weight is 234 g/mol. The highest BCUT2D eigenvalue weighted by Gasteiger charge is 2.20. The van der Waals surface area contributed by atoms with E-state index >= 15 is 0 Å². The van der Waals surface area contributed by atoms with Crippen LogP contribution in [0.3, 0.4) is 0 Å². The number of carbonyl (C=O) groups is 1. The van der Waals surface area contributed by atoms with E-state index in [1.54, 1.807) is 7.05 Å². The number of nitrogens with two attached hydrogens (primary N) is 1. The number of rotatable bonds is 1. The summed E-state index contributed by atoms with van der Waals surface area (Å²) in [5, 5.41) is 7.25. The fourth-order valence-electron chi connectivity index (χ4n) is 1.76. The van der Waals surface area contributed by atoms with Crippen molar-refractivity contribution in [2.75, 3.05) is 19.0 Å². The van der Waals surface area contributed by atoms with Crippen molar-refractivity contribution in [2.24, 2.45) is 5.73 Å². The van der Waals surface area contributed by atoms with Crippen LogP contribution in [0, 0.1) is 19.3 Å². The van der Waals surface area contributed by atoms with Crippen LogP contribution >= 0.6 is 0 Å². The number of aryl methyl sites for hydroxylation is 2. The van der Waals surface area contributed by atoms with E-state index < -0.39 is 0 Å². The summed E-state index contributed by atoms with van der Waals surface area (Å²) in [5.41, 5.74) is 8.17. The van der Waals surface area contributed by atoms with E-state index in [9.17, 15) is 4.79 Å². The highest BCUT2D eigenvalue weighted by atomic mass is 16.2. The number of hydrogen-bond acceptors (Lipinski definition) is 2. The number of nitrogens with zero attached hydrogens (tertiary/aromatic N) is 2. The maximum Gasteiger partial charge on any atom is 0.330 e. The van der Waals surface area contributed by atoms with Crippen molar-refractivity contribution in [1.82, 2.24) is 4.90 Å². The van der Waals surface area contributed by atoms with Crippen LogP contribution < -0.4 is 10.6 Å². The van der Waals surface area contributed by atoms with Crippen LogP contribution in [0.4, 0.5) is 10.5 Å². The van der Waals surface area contributed by atoms with Crippen molar-refractivity contribution in [2.45, 2.75) is 13.8 Å². The Labute approximate surface area is 101 Å². The summed E-state index contributed by atoms with van der Waals surface area (Å²) in [6.45, 7) is 3.89. The maximum absolute atomic E-state index is 12.0. The van der Waals surface area contributed by atoms with Gasteiger partial charge in [0.15, 0.2) is 5.96 Å². The highest BCUT2D eigenvalue weighted by Crippen LogP contribution is 2.23. The second kappa shape index (κ2) is 4.86. The quantitative estimate of drug-likeness (QED) is 0.573.